The van der Waals surface area contributed by atoms with Crippen LogP contribution < -0.4 is 11.1 Å². The number of benzene rings is 1. The predicted octanol–water partition coefficient (Wildman–Crippen LogP) is 1.18. The summed E-state index contributed by atoms with van der Waals surface area (Å²) in [4.78, 5) is 0. The van der Waals surface area contributed by atoms with Crippen molar-refractivity contribution in [3.05, 3.63) is 35.1 Å². The lowest BCUT2D eigenvalue weighted by Gasteiger charge is -2.06. The van der Waals surface area contributed by atoms with Gasteiger partial charge in [0.15, 0.2) is 0 Å². The molecule has 0 fully saturated rings. The highest BCUT2D eigenvalue weighted by atomic mass is 19.1. The Kier molecular flexibility index (Phi) is 3.86. The van der Waals surface area contributed by atoms with Crippen LogP contribution in [0.4, 0.5) is 4.39 Å². The van der Waals surface area contributed by atoms with Gasteiger partial charge in [-0.1, -0.05) is 6.07 Å². The van der Waals surface area contributed by atoms with Crippen molar-refractivity contribution in [1.29, 1.82) is 0 Å². The van der Waals surface area contributed by atoms with Gasteiger partial charge in [0, 0.05) is 19.6 Å². The molecule has 0 saturated heterocycles. The molecule has 3 heteroatoms. The molecule has 72 valence electrons. The number of halogens is 1. The molecule has 1 rings (SSSR count). The van der Waals surface area contributed by atoms with Crippen molar-refractivity contribution in [2.45, 2.75) is 13.5 Å². The van der Waals surface area contributed by atoms with Crippen molar-refractivity contribution in [2.75, 3.05) is 13.1 Å². The molecule has 0 radical (unpaired) electrons. The van der Waals surface area contributed by atoms with Crippen LogP contribution in [0.1, 0.15) is 11.1 Å². The van der Waals surface area contributed by atoms with Gasteiger partial charge in [0.1, 0.15) is 5.82 Å². The van der Waals surface area contributed by atoms with Gasteiger partial charge >= 0.3 is 0 Å². The van der Waals surface area contributed by atoms with Gasteiger partial charge in [0.2, 0.25) is 0 Å². The molecule has 3 N–H and O–H groups in total. The molecule has 13 heavy (non-hydrogen) atoms. The largest absolute Gasteiger partial charge is 0.329 e. The van der Waals surface area contributed by atoms with E-state index in [-0.39, 0.29) is 5.82 Å². The van der Waals surface area contributed by atoms with E-state index in [0.717, 1.165) is 17.7 Å². The van der Waals surface area contributed by atoms with Crippen LogP contribution in [-0.2, 0) is 6.54 Å². The second-order valence-electron chi connectivity index (χ2n) is 3.04. The van der Waals surface area contributed by atoms with Gasteiger partial charge in [0.25, 0.3) is 0 Å². The van der Waals surface area contributed by atoms with Crippen molar-refractivity contribution < 1.29 is 4.39 Å². The van der Waals surface area contributed by atoms with Crippen molar-refractivity contribution in [3.63, 3.8) is 0 Å². The first-order valence-corrected chi connectivity index (χ1v) is 4.40. The molecule has 2 nitrogen and oxygen atoms in total. The second kappa shape index (κ2) is 4.94. The molecule has 0 heterocycles. The van der Waals surface area contributed by atoms with Crippen LogP contribution in [0, 0.1) is 12.7 Å². The summed E-state index contributed by atoms with van der Waals surface area (Å²) in [5, 5.41) is 3.13. The Balaban J connectivity index is 2.59. The summed E-state index contributed by atoms with van der Waals surface area (Å²) in [6.45, 7) is 4.02. The van der Waals surface area contributed by atoms with Crippen LogP contribution in [0.2, 0.25) is 0 Å². The maximum absolute atomic E-state index is 12.8. The van der Waals surface area contributed by atoms with Crippen molar-refractivity contribution >= 4 is 0 Å². The first-order chi connectivity index (χ1) is 6.24. The van der Waals surface area contributed by atoms with Gasteiger partial charge in [-0.2, -0.15) is 0 Å². The van der Waals surface area contributed by atoms with E-state index in [1.165, 1.54) is 6.07 Å². The minimum Gasteiger partial charge on any atom is -0.329 e. The fourth-order valence-electron chi connectivity index (χ4n) is 1.16. The number of nitrogens with one attached hydrogen (secondary N) is 1. The summed E-state index contributed by atoms with van der Waals surface area (Å²) in [6, 6.07) is 4.81. The Hall–Kier alpha value is -0.930. The SMILES string of the molecule is Cc1ccc(F)cc1CNCCN. The number of hydrogen-bond donors (Lipinski definition) is 2. The van der Waals surface area contributed by atoms with Gasteiger partial charge < -0.3 is 11.1 Å². The van der Waals surface area contributed by atoms with E-state index in [1.54, 1.807) is 12.1 Å². The maximum atomic E-state index is 12.8. The molecule has 0 aliphatic carbocycles. The average molecular weight is 182 g/mol. The monoisotopic (exact) mass is 182 g/mol. The number of rotatable bonds is 4. The second-order valence-corrected chi connectivity index (χ2v) is 3.04. The zero-order valence-corrected chi connectivity index (χ0v) is 7.81. The first-order valence-electron chi connectivity index (χ1n) is 4.40. The molecule has 0 unspecified atom stereocenters. The summed E-state index contributed by atoms with van der Waals surface area (Å²) < 4.78 is 12.8. The smallest absolute Gasteiger partial charge is 0.123 e. The third-order valence-electron chi connectivity index (χ3n) is 1.95. The number of nitrogens with two attached hydrogens (primary N) is 1. The van der Waals surface area contributed by atoms with Gasteiger partial charge in [-0.3, -0.25) is 0 Å². The van der Waals surface area contributed by atoms with Crippen LogP contribution in [0.5, 0.6) is 0 Å². The van der Waals surface area contributed by atoms with Gasteiger partial charge in [-0.15, -0.1) is 0 Å². The fraction of sp³-hybridized carbons (Fsp3) is 0.400. The third kappa shape index (κ3) is 3.13. The molecule has 1 aromatic rings. The van der Waals surface area contributed by atoms with Crippen LogP contribution >= 0.6 is 0 Å². The Morgan fingerprint density at radius 2 is 2.23 bits per heavy atom. The lowest BCUT2D eigenvalue weighted by atomic mass is 10.1. The van der Waals surface area contributed by atoms with E-state index in [1.807, 2.05) is 6.92 Å². The van der Waals surface area contributed by atoms with E-state index in [4.69, 9.17) is 5.73 Å². The van der Waals surface area contributed by atoms with Crippen LogP contribution in [0.15, 0.2) is 18.2 Å². The summed E-state index contributed by atoms with van der Waals surface area (Å²) >= 11 is 0. The van der Waals surface area contributed by atoms with Crippen molar-refractivity contribution in [2.24, 2.45) is 5.73 Å². The maximum Gasteiger partial charge on any atom is 0.123 e. The number of aryl methyl sites for hydroxylation is 1. The standard InChI is InChI=1S/C10H15FN2/c1-8-2-3-10(11)6-9(8)7-13-5-4-12/h2-3,6,13H,4-5,7,12H2,1H3. The molecule has 0 saturated carbocycles. The topological polar surface area (TPSA) is 38.0 Å². The summed E-state index contributed by atoms with van der Waals surface area (Å²) in [6.07, 6.45) is 0. The summed E-state index contributed by atoms with van der Waals surface area (Å²) in [7, 11) is 0. The molecule has 0 amide bonds. The summed E-state index contributed by atoms with van der Waals surface area (Å²) in [5.74, 6) is -0.185. The zero-order chi connectivity index (χ0) is 9.68. The molecule has 0 aromatic heterocycles. The van der Waals surface area contributed by atoms with Crippen molar-refractivity contribution in [1.82, 2.24) is 5.32 Å². The Morgan fingerprint density at radius 1 is 1.46 bits per heavy atom. The minimum absolute atomic E-state index is 0.185. The quantitative estimate of drug-likeness (QED) is 0.686. The van der Waals surface area contributed by atoms with Gasteiger partial charge in [0.05, 0.1) is 0 Å². The van der Waals surface area contributed by atoms with Crippen LogP contribution in [0.25, 0.3) is 0 Å². The van der Waals surface area contributed by atoms with Gasteiger partial charge in [-0.25, -0.2) is 4.39 Å². The van der Waals surface area contributed by atoms with Crippen LogP contribution in [0.3, 0.4) is 0 Å². The van der Waals surface area contributed by atoms with E-state index >= 15 is 0 Å². The third-order valence-corrected chi connectivity index (χ3v) is 1.95. The Morgan fingerprint density at radius 3 is 2.92 bits per heavy atom. The first kappa shape index (κ1) is 10.2. The Labute approximate surface area is 77.9 Å². The lowest BCUT2D eigenvalue weighted by molar-refractivity contribution is 0.619. The van der Waals surface area contributed by atoms with E-state index in [2.05, 4.69) is 5.32 Å². The highest BCUT2D eigenvalue weighted by Gasteiger charge is 1.98. The average Bonchev–Trinajstić information content (AvgIpc) is 2.11. The molecule has 0 spiro atoms. The normalized spacial score (nSPS) is 10.4. The number of hydrogen-bond acceptors (Lipinski definition) is 2. The predicted molar refractivity (Wildman–Crippen MR) is 51.9 cm³/mol. The van der Waals surface area contributed by atoms with Crippen molar-refractivity contribution in [3.8, 4) is 0 Å². The molecule has 1 aromatic carbocycles. The lowest BCUT2D eigenvalue weighted by Crippen LogP contribution is -2.22. The highest BCUT2D eigenvalue weighted by molar-refractivity contribution is 5.26. The molecule has 0 atom stereocenters. The zero-order valence-electron chi connectivity index (χ0n) is 7.81. The molecule has 0 aliphatic rings. The molecular formula is C10H15FN2. The summed E-state index contributed by atoms with van der Waals surface area (Å²) in [5.41, 5.74) is 7.42. The van der Waals surface area contributed by atoms with Gasteiger partial charge in [-0.05, 0) is 30.2 Å². The van der Waals surface area contributed by atoms with E-state index < -0.39 is 0 Å². The Bertz CT molecular complexity index is 274. The molecular weight excluding hydrogens is 167 g/mol. The van der Waals surface area contributed by atoms with E-state index in [0.29, 0.717) is 13.1 Å². The van der Waals surface area contributed by atoms with Crippen LogP contribution in [-0.4, -0.2) is 13.1 Å². The molecule has 0 aliphatic heterocycles. The minimum atomic E-state index is -0.185. The van der Waals surface area contributed by atoms with E-state index in [9.17, 15) is 4.39 Å². The highest BCUT2D eigenvalue weighted by Crippen LogP contribution is 2.09. The fourth-order valence-corrected chi connectivity index (χ4v) is 1.16. The molecule has 0 bridgehead atoms.